The number of nitrogens with one attached hydrogen (secondary N) is 1. The highest BCUT2D eigenvalue weighted by atomic mass is 19.1. The highest BCUT2D eigenvalue weighted by molar-refractivity contribution is 6.11. The van der Waals surface area contributed by atoms with Crippen LogP contribution >= 0.6 is 0 Å². The minimum absolute atomic E-state index is 0.198. The van der Waals surface area contributed by atoms with Crippen LogP contribution in [-0.4, -0.2) is 34.2 Å². The SMILES string of the molecule is COc1ccc(N2C(=O)c3cc(C)nn3C[C@]2(C)C(=O)NCc2ccc(F)cc2)cc1. The molecule has 3 aromatic rings. The standard InChI is InChI=1S/C23H23FN4O3/c1-15-12-20-21(29)28(18-8-10-19(31-3)11-9-18)23(2,14-27(20)26-15)22(30)25-13-16-4-6-17(24)7-5-16/h4-12H,13-14H2,1-3H3,(H,25,30)/t23-/m1/s1. The number of nitrogens with zero attached hydrogens (tertiary/aromatic N) is 3. The van der Waals surface area contributed by atoms with Gasteiger partial charge in [-0.15, -0.1) is 0 Å². The van der Waals surface area contributed by atoms with E-state index in [0.717, 1.165) is 5.56 Å². The van der Waals surface area contributed by atoms with Gasteiger partial charge in [0.15, 0.2) is 0 Å². The normalized spacial score (nSPS) is 17.9. The van der Waals surface area contributed by atoms with E-state index in [1.807, 2.05) is 6.92 Å². The van der Waals surface area contributed by atoms with Crippen LogP contribution in [0.3, 0.4) is 0 Å². The first-order chi connectivity index (χ1) is 14.8. The number of methoxy groups -OCH3 is 1. The van der Waals surface area contributed by atoms with Crippen molar-refractivity contribution in [3.63, 3.8) is 0 Å². The number of aryl methyl sites for hydroxylation is 1. The lowest BCUT2D eigenvalue weighted by Crippen LogP contribution is -2.64. The summed E-state index contributed by atoms with van der Waals surface area (Å²) in [6.45, 7) is 3.94. The second-order valence-electron chi connectivity index (χ2n) is 7.75. The van der Waals surface area contributed by atoms with E-state index in [4.69, 9.17) is 4.74 Å². The molecule has 1 aromatic heterocycles. The Bertz CT molecular complexity index is 1120. The van der Waals surface area contributed by atoms with Gasteiger partial charge in [-0.2, -0.15) is 5.10 Å². The molecular formula is C23H23FN4O3. The van der Waals surface area contributed by atoms with E-state index in [9.17, 15) is 14.0 Å². The Morgan fingerprint density at radius 3 is 2.52 bits per heavy atom. The second kappa shape index (κ2) is 7.86. The van der Waals surface area contributed by atoms with Crippen LogP contribution in [0.25, 0.3) is 0 Å². The van der Waals surface area contributed by atoms with Crippen LogP contribution in [0.4, 0.5) is 10.1 Å². The first-order valence-corrected chi connectivity index (χ1v) is 9.87. The van der Waals surface area contributed by atoms with Crippen molar-refractivity contribution in [3.8, 4) is 5.75 Å². The smallest absolute Gasteiger partial charge is 0.277 e. The van der Waals surface area contributed by atoms with Gasteiger partial charge in [0.2, 0.25) is 5.91 Å². The molecule has 1 N–H and O–H groups in total. The van der Waals surface area contributed by atoms with Gasteiger partial charge in [0, 0.05) is 12.2 Å². The average Bonchev–Trinajstić information content (AvgIpc) is 3.13. The number of halogens is 1. The molecule has 2 amide bonds. The van der Waals surface area contributed by atoms with Crippen molar-refractivity contribution in [1.82, 2.24) is 15.1 Å². The van der Waals surface area contributed by atoms with Crippen molar-refractivity contribution in [2.24, 2.45) is 0 Å². The minimum Gasteiger partial charge on any atom is -0.497 e. The number of hydrogen-bond donors (Lipinski definition) is 1. The van der Waals surface area contributed by atoms with Gasteiger partial charge in [0.1, 0.15) is 22.8 Å². The molecule has 2 heterocycles. The summed E-state index contributed by atoms with van der Waals surface area (Å²) in [6, 6.07) is 14.6. The number of benzene rings is 2. The summed E-state index contributed by atoms with van der Waals surface area (Å²) in [5, 5.41) is 7.28. The van der Waals surface area contributed by atoms with Crippen LogP contribution in [0.1, 0.15) is 28.7 Å². The number of hydrogen-bond acceptors (Lipinski definition) is 4. The molecule has 160 valence electrons. The van der Waals surface area contributed by atoms with Crippen LogP contribution in [0.2, 0.25) is 0 Å². The van der Waals surface area contributed by atoms with E-state index in [-0.39, 0.29) is 30.7 Å². The maximum Gasteiger partial charge on any atom is 0.277 e. The molecule has 4 rings (SSSR count). The predicted octanol–water partition coefficient (Wildman–Crippen LogP) is 3.07. The van der Waals surface area contributed by atoms with Crippen LogP contribution in [0.15, 0.2) is 54.6 Å². The van der Waals surface area contributed by atoms with Crippen molar-refractivity contribution in [2.45, 2.75) is 32.5 Å². The summed E-state index contributed by atoms with van der Waals surface area (Å²) in [5.74, 6) is -0.333. The summed E-state index contributed by atoms with van der Waals surface area (Å²) >= 11 is 0. The highest BCUT2D eigenvalue weighted by Crippen LogP contribution is 2.33. The Morgan fingerprint density at radius 1 is 1.19 bits per heavy atom. The summed E-state index contributed by atoms with van der Waals surface area (Å²) in [4.78, 5) is 28.3. The van der Waals surface area contributed by atoms with Gasteiger partial charge in [-0.3, -0.25) is 19.2 Å². The fourth-order valence-electron chi connectivity index (χ4n) is 3.82. The van der Waals surface area contributed by atoms with E-state index in [0.29, 0.717) is 22.8 Å². The third-order valence-electron chi connectivity index (χ3n) is 5.46. The number of carbonyl (C=O) groups is 2. The first-order valence-electron chi connectivity index (χ1n) is 9.87. The molecule has 31 heavy (non-hydrogen) atoms. The summed E-state index contributed by atoms with van der Waals surface area (Å²) in [5.41, 5.74) is 1.24. The van der Waals surface area contributed by atoms with Crippen molar-refractivity contribution in [2.75, 3.05) is 12.0 Å². The van der Waals surface area contributed by atoms with E-state index < -0.39 is 5.54 Å². The fraction of sp³-hybridized carbons (Fsp3) is 0.261. The van der Waals surface area contributed by atoms with E-state index in [1.54, 1.807) is 61.2 Å². The van der Waals surface area contributed by atoms with Gasteiger partial charge in [0.05, 0.1) is 19.3 Å². The molecule has 8 heteroatoms. The summed E-state index contributed by atoms with van der Waals surface area (Å²) < 4.78 is 20.0. The topological polar surface area (TPSA) is 76.5 Å². The Labute approximate surface area is 179 Å². The van der Waals surface area contributed by atoms with Gasteiger partial charge in [-0.05, 0) is 61.9 Å². The molecule has 0 spiro atoms. The molecular weight excluding hydrogens is 399 g/mol. The highest BCUT2D eigenvalue weighted by Gasteiger charge is 2.48. The maximum atomic E-state index is 13.4. The van der Waals surface area contributed by atoms with Gasteiger partial charge in [0.25, 0.3) is 5.91 Å². The van der Waals surface area contributed by atoms with Crippen LogP contribution in [0.5, 0.6) is 5.75 Å². The number of fused-ring (bicyclic) bond motifs is 1. The van der Waals surface area contributed by atoms with Crippen molar-refractivity contribution >= 4 is 17.5 Å². The number of anilines is 1. The van der Waals surface area contributed by atoms with Crippen LogP contribution in [-0.2, 0) is 17.9 Å². The zero-order valence-corrected chi connectivity index (χ0v) is 17.6. The zero-order chi connectivity index (χ0) is 22.2. The quantitative estimate of drug-likeness (QED) is 0.686. The Morgan fingerprint density at radius 2 is 1.87 bits per heavy atom. The molecule has 1 aliphatic rings. The average molecular weight is 422 g/mol. The van der Waals surface area contributed by atoms with Crippen LogP contribution < -0.4 is 15.0 Å². The third-order valence-corrected chi connectivity index (χ3v) is 5.46. The summed E-state index contributed by atoms with van der Waals surface area (Å²) in [6.07, 6.45) is 0. The molecule has 2 aromatic carbocycles. The minimum atomic E-state index is -1.23. The van der Waals surface area contributed by atoms with Gasteiger partial charge in [-0.25, -0.2) is 4.39 Å². The first kappa shape index (κ1) is 20.6. The molecule has 0 radical (unpaired) electrons. The molecule has 0 bridgehead atoms. The number of aromatic nitrogens is 2. The van der Waals surface area contributed by atoms with Gasteiger partial charge in [-0.1, -0.05) is 12.1 Å². The van der Waals surface area contributed by atoms with E-state index in [1.165, 1.54) is 17.0 Å². The van der Waals surface area contributed by atoms with E-state index in [2.05, 4.69) is 10.4 Å². The van der Waals surface area contributed by atoms with Crippen molar-refractivity contribution < 1.29 is 18.7 Å². The monoisotopic (exact) mass is 422 g/mol. The molecule has 0 unspecified atom stereocenters. The second-order valence-corrected chi connectivity index (χ2v) is 7.75. The lowest BCUT2D eigenvalue weighted by Gasteiger charge is -2.43. The number of amides is 2. The number of carbonyl (C=O) groups excluding carboxylic acids is 2. The van der Waals surface area contributed by atoms with Gasteiger partial charge >= 0.3 is 0 Å². The van der Waals surface area contributed by atoms with Crippen LogP contribution in [0, 0.1) is 12.7 Å². The molecule has 7 nitrogen and oxygen atoms in total. The predicted molar refractivity (Wildman–Crippen MR) is 113 cm³/mol. The lowest BCUT2D eigenvalue weighted by atomic mass is 9.94. The Balaban J connectivity index is 1.69. The lowest BCUT2D eigenvalue weighted by molar-refractivity contribution is -0.126. The summed E-state index contributed by atoms with van der Waals surface area (Å²) in [7, 11) is 1.56. The number of rotatable bonds is 5. The Kier molecular flexibility index (Phi) is 5.22. The van der Waals surface area contributed by atoms with Gasteiger partial charge < -0.3 is 10.1 Å². The van der Waals surface area contributed by atoms with E-state index >= 15 is 0 Å². The molecule has 0 saturated heterocycles. The molecule has 0 fully saturated rings. The molecule has 1 atom stereocenters. The maximum absolute atomic E-state index is 13.4. The zero-order valence-electron chi connectivity index (χ0n) is 17.6. The van der Waals surface area contributed by atoms with Crippen molar-refractivity contribution in [1.29, 1.82) is 0 Å². The fourth-order valence-corrected chi connectivity index (χ4v) is 3.82. The number of ether oxygens (including phenoxy) is 1. The molecule has 0 aliphatic carbocycles. The Hall–Kier alpha value is -3.68. The van der Waals surface area contributed by atoms with Crippen molar-refractivity contribution in [3.05, 3.63) is 77.4 Å². The molecule has 0 saturated carbocycles. The third kappa shape index (κ3) is 3.76. The molecule has 1 aliphatic heterocycles. The largest absolute Gasteiger partial charge is 0.497 e.